The molecule has 0 radical (unpaired) electrons. The highest BCUT2D eigenvalue weighted by molar-refractivity contribution is 6.31. The van der Waals surface area contributed by atoms with Gasteiger partial charge in [-0.1, -0.05) is 11.6 Å². The van der Waals surface area contributed by atoms with Crippen LogP contribution in [0.2, 0.25) is 5.02 Å². The zero-order valence-corrected chi connectivity index (χ0v) is 14.5. The van der Waals surface area contributed by atoms with Crippen LogP contribution in [-0.4, -0.2) is 47.9 Å². The summed E-state index contributed by atoms with van der Waals surface area (Å²) in [7, 11) is 0. The summed E-state index contributed by atoms with van der Waals surface area (Å²) >= 11 is 6.12. The molecule has 1 aromatic heterocycles. The van der Waals surface area contributed by atoms with Crippen LogP contribution in [0.5, 0.6) is 0 Å². The number of halogens is 1. The number of likely N-dealkylation sites (tertiary alicyclic amines) is 1. The van der Waals surface area contributed by atoms with Crippen molar-refractivity contribution in [3.8, 4) is 0 Å². The number of aryl methyl sites for hydroxylation is 1. The highest BCUT2D eigenvalue weighted by Gasteiger charge is 2.40. The number of hydrogen-bond donors (Lipinski definition) is 1. The molecule has 0 atom stereocenters. The summed E-state index contributed by atoms with van der Waals surface area (Å²) in [5.41, 5.74) is 3.08. The van der Waals surface area contributed by atoms with Crippen molar-refractivity contribution in [1.82, 2.24) is 9.88 Å². The molecule has 1 N–H and O–H groups in total. The molecule has 2 fully saturated rings. The molecule has 1 aromatic carbocycles. The van der Waals surface area contributed by atoms with E-state index in [9.17, 15) is 4.79 Å². The summed E-state index contributed by atoms with van der Waals surface area (Å²) in [5.74, 6) is -0.298. The van der Waals surface area contributed by atoms with Crippen LogP contribution in [0.4, 0.5) is 0 Å². The number of benzene rings is 1. The van der Waals surface area contributed by atoms with Crippen molar-refractivity contribution >= 4 is 28.4 Å². The van der Waals surface area contributed by atoms with Crippen LogP contribution >= 0.6 is 11.6 Å². The van der Waals surface area contributed by atoms with Gasteiger partial charge in [0.2, 0.25) is 5.91 Å². The van der Waals surface area contributed by atoms with Gasteiger partial charge < -0.3 is 19.4 Å². The maximum Gasteiger partial charge on any atom is 0.227 e. The molecule has 128 valence electrons. The molecular weight excluding hydrogens is 328 g/mol. The molecule has 5 nitrogen and oxygen atoms in total. The molecule has 2 aromatic rings. The number of carbonyl (C=O) groups is 1. The third kappa shape index (κ3) is 2.81. The molecule has 1 amide bonds. The van der Waals surface area contributed by atoms with Crippen LogP contribution in [0.3, 0.4) is 0 Å². The van der Waals surface area contributed by atoms with Crippen LogP contribution in [0.25, 0.3) is 10.9 Å². The molecule has 0 saturated carbocycles. The van der Waals surface area contributed by atoms with E-state index in [4.69, 9.17) is 21.1 Å². The van der Waals surface area contributed by atoms with Crippen molar-refractivity contribution in [2.75, 3.05) is 26.3 Å². The number of carbonyl (C=O) groups excluding carboxylic acids is 1. The molecule has 24 heavy (non-hydrogen) atoms. The maximum absolute atomic E-state index is 12.7. The highest BCUT2D eigenvalue weighted by atomic mass is 35.5. The molecule has 4 rings (SSSR count). The summed E-state index contributed by atoms with van der Waals surface area (Å²) in [6.07, 6.45) is 1.88. The van der Waals surface area contributed by atoms with Crippen molar-refractivity contribution in [3.05, 3.63) is 34.5 Å². The number of amides is 1. The fourth-order valence-electron chi connectivity index (χ4n) is 3.73. The van der Waals surface area contributed by atoms with Crippen LogP contribution in [0, 0.1) is 6.92 Å². The number of H-pyrrole nitrogens is 1. The second-order valence-corrected chi connectivity index (χ2v) is 7.02. The molecule has 1 spiro atoms. The van der Waals surface area contributed by atoms with E-state index in [1.165, 1.54) is 0 Å². The van der Waals surface area contributed by atoms with Gasteiger partial charge in [0.25, 0.3) is 0 Å². The van der Waals surface area contributed by atoms with Gasteiger partial charge >= 0.3 is 0 Å². The largest absolute Gasteiger partial charge is 0.358 e. The van der Waals surface area contributed by atoms with E-state index >= 15 is 0 Å². The lowest BCUT2D eigenvalue weighted by atomic mass is 10.0. The number of hydrogen-bond acceptors (Lipinski definition) is 3. The molecule has 6 heteroatoms. The van der Waals surface area contributed by atoms with E-state index in [2.05, 4.69) is 4.98 Å². The Balaban J connectivity index is 1.49. The maximum atomic E-state index is 12.7. The number of rotatable bonds is 2. The second-order valence-electron chi connectivity index (χ2n) is 6.58. The van der Waals surface area contributed by atoms with E-state index in [1.54, 1.807) is 0 Å². The molecule has 0 bridgehead atoms. The topological polar surface area (TPSA) is 54.6 Å². The number of nitrogens with zero attached hydrogens (tertiary/aromatic N) is 1. The van der Waals surface area contributed by atoms with Crippen molar-refractivity contribution < 1.29 is 14.3 Å². The minimum absolute atomic E-state index is 0.145. The van der Waals surface area contributed by atoms with Crippen molar-refractivity contribution in [1.29, 1.82) is 0 Å². The molecule has 0 unspecified atom stereocenters. The Kier molecular flexibility index (Phi) is 4.03. The lowest BCUT2D eigenvalue weighted by Gasteiger charge is -2.37. The van der Waals surface area contributed by atoms with Crippen LogP contribution in [0.15, 0.2) is 18.2 Å². The van der Waals surface area contributed by atoms with E-state index in [1.807, 2.05) is 30.0 Å². The average Bonchev–Trinajstić information content (AvgIpc) is 3.14. The molecule has 2 aliphatic rings. The first kappa shape index (κ1) is 15.9. The van der Waals surface area contributed by atoms with Gasteiger partial charge in [-0.2, -0.15) is 0 Å². The van der Waals surface area contributed by atoms with Crippen molar-refractivity contribution in [2.45, 2.75) is 32.0 Å². The van der Waals surface area contributed by atoms with Crippen LogP contribution < -0.4 is 0 Å². The van der Waals surface area contributed by atoms with Crippen LogP contribution in [-0.2, 0) is 20.7 Å². The Bertz CT molecular complexity index is 770. The smallest absolute Gasteiger partial charge is 0.227 e. The standard InChI is InChI=1S/C18H21ClN2O3/c1-12-14(15-10-13(19)2-3-16(15)20-12)11-17(22)21-6-4-18(5-7-21)23-8-9-24-18/h2-3,10,20H,4-9,11H2,1H3. The fourth-order valence-corrected chi connectivity index (χ4v) is 3.90. The zero-order valence-electron chi connectivity index (χ0n) is 13.7. The minimum Gasteiger partial charge on any atom is -0.358 e. The van der Waals surface area contributed by atoms with Gasteiger partial charge in [-0.05, 0) is 30.7 Å². The van der Waals surface area contributed by atoms with Gasteiger partial charge in [0, 0.05) is 47.6 Å². The van der Waals surface area contributed by atoms with Gasteiger partial charge in [0.1, 0.15) is 0 Å². The van der Waals surface area contributed by atoms with E-state index in [-0.39, 0.29) is 5.91 Å². The number of fused-ring (bicyclic) bond motifs is 1. The third-order valence-electron chi connectivity index (χ3n) is 5.10. The van der Waals surface area contributed by atoms with Crippen LogP contribution in [0.1, 0.15) is 24.1 Å². The lowest BCUT2D eigenvalue weighted by molar-refractivity contribution is -0.187. The lowest BCUT2D eigenvalue weighted by Crippen LogP contribution is -2.47. The molecule has 0 aliphatic carbocycles. The Labute approximate surface area is 145 Å². The first-order chi connectivity index (χ1) is 11.6. The Morgan fingerprint density at radius 1 is 1.29 bits per heavy atom. The van der Waals surface area contributed by atoms with Gasteiger partial charge in [-0.15, -0.1) is 0 Å². The Morgan fingerprint density at radius 3 is 2.71 bits per heavy atom. The van der Waals surface area contributed by atoms with Gasteiger partial charge in [0.05, 0.1) is 19.6 Å². The second kappa shape index (κ2) is 6.06. The molecular formula is C18H21ClN2O3. The number of nitrogens with one attached hydrogen (secondary N) is 1. The van der Waals surface area contributed by atoms with Gasteiger partial charge in [-0.3, -0.25) is 4.79 Å². The monoisotopic (exact) mass is 348 g/mol. The van der Waals surface area contributed by atoms with E-state index in [0.29, 0.717) is 37.7 Å². The average molecular weight is 349 g/mol. The summed E-state index contributed by atoms with van der Waals surface area (Å²) < 4.78 is 11.5. The SMILES string of the molecule is Cc1[nH]c2ccc(Cl)cc2c1CC(=O)N1CCC2(CC1)OCCO2. The molecule has 3 heterocycles. The minimum atomic E-state index is -0.443. The highest BCUT2D eigenvalue weighted by Crippen LogP contribution is 2.32. The zero-order chi connectivity index (χ0) is 16.7. The number of aromatic amines is 1. The molecule has 2 saturated heterocycles. The predicted molar refractivity (Wildman–Crippen MR) is 92.2 cm³/mol. The Hall–Kier alpha value is -1.56. The predicted octanol–water partition coefficient (Wildman–Crippen LogP) is 3.04. The summed E-state index contributed by atoms with van der Waals surface area (Å²) in [4.78, 5) is 18.0. The summed E-state index contributed by atoms with van der Waals surface area (Å²) in [6, 6.07) is 5.74. The van der Waals surface area contributed by atoms with Gasteiger partial charge in [-0.25, -0.2) is 0 Å². The first-order valence-corrected chi connectivity index (χ1v) is 8.76. The fraction of sp³-hybridized carbons (Fsp3) is 0.500. The van der Waals surface area contributed by atoms with Crippen molar-refractivity contribution in [3.63, 3.8) is 0 Å². The van der Waals surface area contributed by atoms with Gasteiger partial charge in [0.15, 0.2) is 5.79 Å². The normalized spacial score (nSPS) is 20.2. The summed E-state index contributed by atoms with van der Waals surface area (Å²) in [5, 5.41) is 1.72. The van der Waals surface area contributed by atoms with Crippen molar-refractivity contribution in [2.24, 2.45) is 0 Å². The first-order valence-electron chi connectivity index (χ1n) is 8.39. The van der Waals surface area contributed by atoms with E-state index < -0.39 is 5.79 Å². The summed E-state index contributed by atoms with van der Waals surface area (Å²) in [6.45, 7) is 4.68. The number of piperidine rings is 1. The van der Waals surface area contributed by atoms with E-state index in [0.717, 1.165) is 35.0 Å². The number of ether oxygens (including phenoxy) is 2. The third-order valence-corrected chi connectivity index (χ3v) is 5.34. The molecule has 2 aliphatic heterocycles. The quantitative estimate of drug-likeness (QED) is 0.907. The Morgan fingerprint density at radius 2 is 2.00 bits per heavy atom. The number of aromatic nitrogens is 1.